The van der Waals surface area contributed by atoms with Crippen LogP contribution < -0.4 is 15.4 Å². The normalized spacial score (nSPS) is 18.0. The van der Waals surface area contributed by atoms with Gasteiger partial charge in [-0.05, 0) is 55.2 Å². The lowest BCUT2D eigenvalue weighted by Crippen LogP contribution is -2.40. The van der Waals surface area contributed by atoms with Gasteiger partial charge in [0, 0.05) is 32.7 Å². The maximum atomic E-state index is 9.50. The zero-order chi connectivity index (χ0) is 19.0. The Labute approximate surface area is 186 Å². The second kappa shape index (κ2) is 11.9. The molecule has 0 atom stereocenters. The maximum Gasteiger partial charge on any atom is 0.191 e. The van der Waals surface area contributed by atoms with E-state index in [4.69, 9.17) is 9.73 Å². The van der Waals surface area contributed by atoms with Crippen LogP contribution in [-0.2, 0) is 12.8 Å². The minimum atomic E-state index is 0. The van der Waals surface area contributed by atoms with Gasteiger partial charge in [-0.3, -0.25) is 4.99 Å². The second-order valence-electron chi connectivity index (χ2n) is 7.95. The molecule has 1 saturated carbocycles. The molecule has 2 aliphatic rings. The van der Waals surface area contributed by atoms with E-state index < -0.39 is 0 Å². The van der Waals surface area contributed by atoms with E-state index in [-0.39, 0.29) is 36.0 Å². The fourth-order valence-corrected chi connectivity index (χ4v) is 4.34. The fraction of sp³-hybridized carbons (Fsp3) is 0.682. The van der Waals surface area contributed by atoms with Crippen molar-refractivity contribution in [2.45, 2.75) is 58.3 Å². The third kappa shape index (κ3) is 6.51. The highest BCUT2D eigenvalue weighted by atomic mass is 127. The molecule has 1 aliphatic heterocycles. The zero-order valence-corrected chi connectivity index (χ0v) is 19.5. The molecule has 0 spiro atoms. The Morgan fingerprint density at radius 2 is 2.04 bits per heavy atom. The number of nitrogens with one attached hydrogen (secondary N) is 2. The lowest BCUT2D eigenvalue weighted by atomic mass is 9.72. The predicted molar refractivity (Wildman–Crippen MR) is 126 cm³/mol. The summed E-state index contributed by atoms with van der Waals surface area (Å²) < 4.78 is 5.58. The molecule has 1 aliphatic carbocycles. The van der Waals surface area contributed by atoms with Crippen molar-refractivity contribution in [1.82, 2.24) is 10.6 Å². The van der Waals surface area contributed by atoms with E-state index in [1.54, 1.807) is 0 Å². The van der Waals surface area contributed by atoms with Gasteiger partial charge in [-0.2, -0.15) is 0 Å². The Morgan fingerprint density at radius 1 is 1.21 bits per heavy atom. The molecule has 28 heavy (non-hydrogen) atoms. The van der Waals surface area contributed by atoms with Crippen molar-refractivity contribution in [2.75, 3.05) is 32.8 Å². The van der Waals surface area contributed by atoms with Gasteiger partial charge in [0.15, 0.2) is 5.96 Å². The molecule has 3 rings (SSSR count). The summed E-state index contributed by atoms with van der Waals surface area (Å²) in [5.41, 5.74) is 2.86. The largest absolute Gasteiger partial charge is 0.493 e. The van der Waals surface area contributed by atoms with Gasteiger partial charge < -0.3 is 20.5 Å². The van der Waals surface area contributed by atoms with Gasteiger partial charge in [-0.25, -0.2) is 0 Å². The third-order valence-electron chi connectivity index (χ3n) is 5.93. The smallest absolute Gasteiger partial charge is 0.191 e. The van der Waals surface area contributed by atoms with Crippen LogP contribution >= 0.6 is 24.0 Å². The van der Waals surface area contributed by atoms with Crippen LogP contribution in [-0.4, -0.2) is 43.9 Å². The molecular weight excluding hydrogens is 465 g/mol. The van der Waals surface area contributed by atoms with Crippen molar-refractivity contribution in [2.24, 2.45) is 10.4 Å². The number of halogens is 1. The van der Waals surface area contributed by atoms with E-state index in [9.17, 15) is 5.11 Å². The quantitative estimate of drug-likeness (QED) is 0.289. The predicted octanol–water partition coefficient (Wildman–Crippen LogP) is 3.67. The first-order valence-electron chi connectivity index (χ1n) is 10.6. The van der Waals surface area contributed by atoms with Crippen molar-refractivity contribution >= 4 is 29.9 Å². The average molecular weight is 501 g/mol. The van der Waals surface area contributed by atoms with E-state index >= 15 is 0 Å². The molecule has 1 aromatic rings. The third-order valence-corrected chi connectivity index (χ3v) is 5.93. The number of benzene rings is 1. The van der Waals surface area contributed by atoms with Gasteiger partial charge >= 0.3 is 0 Å². The van der Waals surface area contributed by atoms with Gasteiger partial charge in [-0.1, -0.05) is 31.4 Å². The summed E-state index contributed by atoms with van der Waals surface area (Å²) in [7, 11) is 0. The molecule has 1 heterocycles. The lowest BCUT2D eigenvalue weighted by Gasteiger charge is -2.35. The maximum absolute atomic E-state index is 9.50. The highest BCUT2D eigenvalue weighted by Gasteiger charge is 2.31. The monoisotopic (exact) mass is 501 g/mol. The van der Waals surface area contributed by atoms with Crippen LogP contribution in [0.3, 0.4) is 0 Å². The molecule has 1 aromatic carbocycles. The number of nitrogens with zero attached hydrogens (tertiary/aromatic N) is 1. The van der Waals surface area contributed by atoms with Gasteiger partial charge in [-0.15, -0.1) is 24.0 Å². The van der Waals surface area contributed by atoms with Gasteiger partial charge in [0.2, 0.25) is 0 Å². The Kier molecular flexibility index (Phi) is 9.85. The molecular formula is C22H36IN3O2. The summed E-state index contributed by atoms with van der Waals surface area (Å²) in [6.07, 6.45) is 9.09. The van der Waals surface area contributed by atoms with E-state index in [1.165, 1.54) is 43.2 Å². The van der Waals surface area contributed by atoms with Gasteiger partial charge in [0.25, 0.3) is 0 Å². The number of aliphatic imine (C=N–C) groups is 1. The van der Waals surface area contributed by atoms with Crippen LogP contribution in [0.15, 0.2) is 23.2 Å². The summed E-state index contributed by atoms with van der Waals surface area (Å²) in [6, 6.07) is 6.53. The minimum absolute atomic E-state index is 0. The number of aliphatic hydroxyl groups excluding tert-OH is 1. The highest BCUT2D eigenvalue weighted by Crippen LogP contribution is 2.39. The molecule has 0 amide bonds. The van der Waals surface area contributed by atoms with Crippen molar-refractivity contribution < 1.29 is 9.84 Å². The Morgan fingerprint density at radius 3 is 2.79 bits per heavy atom. The lowest BCUT2D eigenvalue weighted by molar-refractivity contribution is 0.137. The van der Waals surface area contributed by atoms with Crippen LogP contribution in [0.1, 0.15) is 56.6 Å². The number of hydrogen-bond acceptors (Lipinski definition) is 3. The van der Waals surface area contributed by atoms with Crippen molar-refractivity contribution in [3.63, 3.8) is 0 Å². The van der Waals surface area contributed by atoms with Crippen LogP contribution in [0, 0.1) is 5.41 Å². The summed E-state index contributed by atoms with van der Waals surface area (Å²) in [5, 5.41) is 16.3. The number of fused-ring (bicyclic) bond motifs is 1. The Balaban J connectivity index is 0.00000280. The summed E-state index contributed by atoms with van der Waals surface area (Å²) >= 11 is 0. The number of guanidine groups is 1. The molecule has 158 valence electrons. The average Bonchev–Trinajstić information content (AvgIpc) is 3.15. The van der Waals surface area contributed by atoms with Crippen LogP contribution in [0.2, 0.25) is 0 Å². The Hall–Kier alpha value is -1.02. The van der Waals surface area contributed by atoms with Gasteiger partial charge in [0.1, 0.15) is 5.75 Å². The highest BCUT2D eigenvalue weighted by molar-refractivity contribution is 14.0. The summed E-state index contributed by atoms with van der Waals surface area (Å²) in [5.74, 6) is 1.94. The van der Waals surface area contributed by atoms with E-state index in [1.807, 2.05) is 0 Å². The molecule has 3 N–H and O–H groups in total. The van der Waals surface area contributed by atoms with E-state index in [0.717, 1.165) is 57.2 Å². The molecule has 0 bridgehead atoms. The molecule has 0 aromatic heterocycles. The minimum Gasteiger partial charge on any atom is -0.493 e. The van der Waals surface area contributed by atoms with Crippen molar-refractivity contribution in [3.8, 4) is 5.75 Å². The standard InChI is InChI=1S/C22H35N3O2.HI/c1-2-23-21(25-17-22(12-14-26)10-4-3-5-11-22)24-13-8-18-6-7-20-19(16-18)9-15-27-20;/h6-7,16,26H,2-5,8-15,17H2,1H3,(H2,23,24,25);1H. The molecule has 0 radical (unpaired) electrons. The number of aliphatic hydroxyl groups is 1. The van der Waals surface area contributed by atoms with Crippen LogP contribution in [0.5, 0.6) is 5.75 Å². The van der Waals surface area contributed by atoms with E-state index in [0.29, 0.717) is 0 Å². The summed E-state index contributed by atoms with van der Waals surface area (Å²) in [4.78, 5) is 4.88. The molecule has 6 heteroatoms. The Bertz CT molecular complexity index is 625. The molecule has 0 saturated heterocycles. The van der Waals surface area contributed by atoms with Gasteiger partial charge in [0.05, 0.1) is 6.61 Å². The van der Waals surface area contributed by atoms with Crippen molar-refractivity contribution in [1.29, 1.82) is 0 Å². The van der Waals surface area contributed by atoms with Crippen LogP contribution in [0.25, 0.3) is 0 Å². The van der Waals surface area contributed by atoms with Crippen molar-refractivity contribution in [3.05, 3.63) is 29.3 Å². The molecule has 0 unspecified atom stereocenters. The first-order valence-corrected chi connectivity index (χ1v) is 10.6. The zero-order valence-electron chi connectivity index (χ0n) is 17.1. The summed E-state index contributed by atoms with van der Waals surface area (Å²) in [6.45, 7) is 5.69. The van der Waals surface area contributed by atoms with Crippen LogP contribution in [0.4, 0.5) is 0 Å². The fourth-order valence-electron chi connectivity index (χ4n) is 4.34. The topological polar surface area (TPSA) is 65.9 Å². The molecule has 1 fully saturated rings. The number of ether oxygens (including phenoxy) is 1. The first kappa shape index (κ1) is 23.3. The second-order valence-corrected chi connectivity index (χ2v) is 7.95. The molecule has 5 nitrogen and oxygen atoms in total. The first-order chi connectivity index (χ1) is 13.2. The van der Waals surface area contributed by atoms with E-state index in [2.05, 4.69) is 35.8 Å². The number of hydrogen-bond donors (Lipinski definition) is 3. The number of rotatable bonds is 8. The SMILES string of the molecule is CCNC(=NCC1(CCO)CCCCC1)NCCc1ccc2c(c1)CCO2.I.